The highest BCUT2D eigenvalue weighted by molar-refractivity contribution is 6.31. The first kappa shape index (κ1) is 12.5. The van der Waals surface area contributed by atoms with Gasteiger partial charge in [-0.2, -0.15) is 0 Å². The standard InChI is InChI=1S/C15H16ClN3/c1-17-7-13-6-15(18-8-14(13)16)19-9-11-4-2-3-5-12(11)10-19/h2-6,8,17H,7,9-10H2,1H3. The Morgan fingerprint density at radius 1 is 1.26 bits per heavy atom. The van der Waals surface area contributed by atoms with Gasteiger partial charge in [0, 0.05) is 25.8 Å². The second kappa shape index (κ2) is 5.19. The number of halogens is 1. The van der Waals surface area contributed by atoms with E-state index in [0.29, 0.717) is 0 Å². The monoisotopic (exact) mass is 273 g/mol. The van der Waals surface area contributed by atoms with Crippen LogP contribution in [-0.4, -0.2) is 12.0 Å². The van der Waals surface area contributed by atoms with Crippen LogP contribution < -0.4 is 10.2 Å². The van der Waals surface area contributed by atoms with Gasteiger partial charge in [0.2, 0.25) is 0 Å². The molecule has 0 bridgehead atoms. The maximum Gasteiger partial charge on any atom is 0.129 e. The molecule has 1 aromatic carbocycles. The summed E-state index contributed by atoms with van der Waals surface area (Å²) < 4.78 is 0. The van der Waals surface area contributed by atoms with Crippen LogP contribution in [-0.2, 0) is 19.6 Å². The zero-order chi connectivity index (χ0) is 13.2. The molecule has 1 aromatic heterocycles. The third-order valence-electron chi connectivity index (χ3n) is 3.45. The van der Waals surface area contributed by atoms with Crippen molar-refractivity contribution >= 4 is 17.4 Å². The van der Waals surface area contributed by atoms with Crippen LogP contribution in [0, 0.1) is 0 Å². The first-order valence-corrected chi connectivity index (χ1v) is 6.76. The fourth-order valence-electron chi connectivity index (χ4n) is 2.46. The van der Waals surface area contributed by atoms with Gasteiger partial charge in [0.15, 0.2) is 0 Å². The average molecular weight is 274 g/mol. The van der Waals surface area contributed by atoms with Crippen LogP contribution >= 0.6 is 11.6 Å². The number of benzene rings is 1. The number of hydrogen-bond acceptors (Lipinski definition) is 3. The second-order valence-corrected chi connectivity index (χ2v) is 5.20. The normalized spacial score (nSPS) is 13.7. The molecular weight excluding hydrogens is 258 g/mol. The number of nitrogens with one attached hydrogen (secondary N) is 1. The Morgan fingerprint density at radius 2 is 1.95 bits per heavy atom. The minimum absolute atomic E-state index is 0.717. The third-order valence-corrected chi connectivity index (χ3v) is 3.79. The number of nitrogens with zero attached hydrogens (tertiary/aromatic N) is 2. The van der Waals surface area contributed by atoms with E-state index in [9.17, 15) is 0 Å². The van der Waals surface area contributed by atoms with Crippen molar-refractivity contribution in [1.82, 2.24) is 10.3 Å². The number of rotatable bonds is 3. The van der Waals surface area contributed by atoms with E-state index < -0.39 is 0 Å². The first-order valence-electron chi connectivity index (χ1n) is 6.38. The van der Waals surface area contributed by atoms with Gasteiger partial charge in [0.1, 0.15) is 5.82 Å². The largest absolute Gasteiger partial charge is 0.348 e. The molecule has 19 heavy (non-hydrogen) atoms. The van der Waals surface area contributed by atoms with Crippen molar-refractivity contribution in [2.75, 3.05) is 11.9 Å². The smallest absolute Gasteiger partial charge is 0.129 e. The highest BCUT2D eigenvalue weighted by Crippen LogP contribution is 2.28. The number of pyridine rings is 1. The summed E-state index contributed by atoms with van der Waals surface area (Å²) >= 11 is 6.15. The third kappa shape index (κ3) is 2.44. The van der Waals surface area contributed by atoms with Gasteiger partial charge in [-0.25, -0.2) is 4.98 Å². The highest BCUT2D eigenvalue weighted by Gasteiger charge is 2.20. The van der Waals surface area contributed by atoms with Gasteiger partial charge >= 0.3 is 0 Å². The summed E-state index contributed by atoms with van der Waals surface area (Å²) in [5, 5.41) is 3.85. The van der Waals surface area contributed by atoms with Crippen LogP contribution in [0.5, 0.6) is 0 Å². The predicted octanol–water partition coefficient (Wildman–Crippen LogP) is 2.97. The Bertz CT molecular complexity index is 573. The van der Waals surface area contributed by atoms with Crippen LogP contribution in [0.1, 0.15) is 16.7 Å². The molecule has 0 radical (unpaired) electrons. The molecule has 1 aliphatic rings. The second-order valence-electron chi connectivity index (χ2n) is 4.79. The van der Waals surface area contributed by atoms with Crippen LogP contribution in [0.25, 0.3) is 0 Å². The molecule has 0 spiro atoms. The molecule has 2 heterocycles. The summed E-state index contributed by atoms with van der Waals surface area (Å²) in [6, 6.07) is 10.6. The maximum absolute atomic E-state index is 6.15. The summed E-state index contributed by atoms with van der Waals surface area (Å²) in [5.74, 6) is 0.992. The van der Waals surface area contributed by atoms with Crippen molar-refractivity contribution in [2.24, 2.45) is 0 Å². The lowest BCUT2D eigenvalue weighted by molar-refractivity contribution is 0.807. The van der Waals surface area contributed by atoms with E-state index in [1.54, 1.807) is 6.20 Å². The van der Waals surface area contributed by atoms with Gasteiger partial charge in [-0.15, -0.1) is 0 Å². The van der Waals surface area contributed by atoms with E-state index in [1.807, 2.05) is 7.05 Å². The lowest BCUT2D eigenvalue weighted by Crippen LogP contribution is -2.17. The molecule has 3 nitrogen and oxygen atoms in total. The molecule has 0 aliphatic carbocycles. The van der Waals surface area contributed by atoms with Crippen LogP contribution in [0.4, 0.5) is 5.82 Å². The van der Waals surface area contributed by atoms with E-state index in [4.69, 9.17) is 11.6 Å². The predicted molar refractivity (Wildman–Crippen MR) is 78.3 cm³/mol. The summed E-state index contributed by atoms with van der Waals surface area (Å²) in [5.41, 5.74) is 3.86. The van der Waals surface area contributed by atoms with Crippen molar-refractivity contribution in [3.63, 3.8) is 0 Å². The van der Waals surface area contributed by atoms with Gasteiger partial charge in [0.25, 0.3) is 0 Å². The van der Waals surface area contributed by atoms with Crippen molar-refractivity contribution < 1.29 is 0 Å². The fourth-order valence-corrected chi connectivity index (χ4v) is 2.63. The molecular formula is C15H16ClN3. The van der Waals surface area contributed by atoms with Gasteiger partial charge in [-0.05, 0) is 29.8 Å². The number of fused-ring (bicyclic) bond motifs is 1. The summed E-state index contributed by atoms with van der Waals surface area (Å²) in [4.78, 5) is 6.73. The lowest BCUT2D eigenvalue weighted by atomic mass is 10.1. The molecule has 0 amide bonds. The highest BCUT2D eigenvalue weighted by atomic mass is 35.5. The summed E-state index contributed by atoms with van der Waals surface area (Å²) in [7, 11) is 1.92. The van der Waals surface area contributed by atoms with E-state index in [2.05, 4.69) is 45.5 Å². The first-order chi connectivity index (χ1) is 9.28. The zero-order valence-electron chi connectivity index (χ0n) is 10.9. The molecule has 0 unspecified atom stereocenters. The Hall–Kier alpha value is -1.58. The summed E-state index contributed by atoms with van der Waals surface area (Å²) in [6.07, 6.45) is 1.74. The molecule has 1 N–H and O–H groups in total. The Kier molecular flexibility index (Phi) is 3.40. The van der Waals surface area contributed by atoms with E-state index in [1.165, 1.54) is 11.1 Å². The minimum atomic E-state index is 0.717. The molecule has 2 aromatic rings. The molecule has 1 aliphatic heterocycles. The van der Waals surface area contributed by atoms with Gasteiger partial charge in [-0.3, -0.25) is 0 Å². The average Bonchev–Trinajstić information content (AvgIpc) is 2.85. The van der Waals surface area contributed by atoms with Crippen molar-refractivity contribution in [3.8, 4) is 0 Å². The number of aromatic nitrogens is 1. The van der Waals surface area contributed by atoms with Gasteiger partial charge < -0.3 is 10.2 Å². The lowest BCUT2D eigenvalue weighted by Gasteiger charge is -2.17. The molecule has 0 saturated heterocycles. The maximum atomic E-state index is 6.15. The van der Waals surface area contributed by atoms with E-state index in [-0.39, 0.29) is 0 Å². The fraction of sp³-hybridized carbons (Fsp3) is 0.267. The van der Waals surface area contributed by atoms with Crippen LogP contribution in [0.3, 0.4) is 0 Å². The minimum Gasteiger partial charge on any atom is -0.348 e. The quantitative estimate of drug-likeness (QED) is 0.932. The molecule has 0 fully saturated rings. The van der Waals surface area contributed by atoms with E-state index in [0.717, 1.165) is 36.0 Å². The van der Waals surface area contributed by atoms with Crippen LogP contribution in [0.15, 0.2) is 36.5 Å². The SMILES string of the molecule is CNCc1cc(N2Cc3ccccc3C2)ncc1Cl. The zero-order valence-corrected chi connectivity index (χ0v) is 11.6. The van der Waals surface area contributed by atoms with Crippen molar-refractivity contribution in [2.45, 2.75) is 19.6 Å². The Morgan fingerprint density at radius 3 is 2.58 bits per heavy atom. The molecule has 98 valence electrons. The molecule has 0 atom stereocenters. The summed E-state index contributed by atoms with van der Waals surface area (Å²) in [6.45, 7) is 2.60. The number of hydrogen-bond donors (Lipinski definition) is 1. The number of anilines is 1. The van der Waals surface area contributed by atoms with Crippen LogP contribution in [0.2, 0.25) is 5.02 Å². The van der Waals surface area contributed by atoms with Gasteiger partial charge in [-0.1, -0.05) is 35.9 Å². The Labute approximate surface area is 118 Å². The van der Waals surface area contributed by atoms with E-state index >= 15 is 0 Å². The molecule has 4 heteroatoms. The Balaban J connectivity index is 1.87. The molecule has 0 saturated carbocycles. The molecule has 3 rings (SSSR count). The van der Waals surface area contributed by atoms with Crippen molar-refractivity contribution in [3.05, 3.63) is 58.2 Å². The topological polar surface area (TPSA) is 28.2 Å². The van der Waals surface area contributed by atoms with Crippen molar-refractivity contribution in [1.29, 1.82) is 0 Å². The van der Waals surface area contributed by atoms with Gasteiger partial charge in [0.05, 0.1) is 5.02 Å².